The molecule has 2 aromatic carbocycles. The summed E-state index contributed by atoms with van der Waals surface area (Å²) in [6.07, 6.45) is 1.96. The second-order valence-corrected chi connectivity index (χ2v) is 7.41. The van der Waals surface area contributed by atoms with Gasteiger partial charge in [-0.2, -0.15) is 0 Å². The van der Waals surface area contributed by atoms with Crippen molar-refractivity contribution in [3.63, 3.8) is 0 Å². The molecule has 1 amide bonds. The number of piperidine rings is 1. The number of hydrogen-bond acceptors (Lipinski definition) is 3. The number of aryl methyl sites for hydroxylation is 1. The Morgan fingerprint density at radius 1 is 1.08 bits per heavy atom. The summed E-state index contributed by atoms with van der Waals surface area (Å²) < 4.78 is 0. The highest BCUT2D eigenvalue weighted by Crippen LogP contribution is 2.27. The summed E-state index contributed by atoms with van der Waals surface area (Å²) in [6, 6.07) is 14.2. The van der Waals surface area contributed by atoms with Crippen molar-refractivity contribution in [3.05, 3.63) is 59.2 Å². The molecule has 0 saturated carbocycles. The predicted octanol–water partition coefficient (Wildman–Crippen LogP) is 4.25. The van der Waals surface area contributed by atoms with E-state index in [1.54, 1.807) is 0 Å². The molecule has 3 N–H and O–H groups in total. The van der Waals surface area contributed by atoms with Crippen molar-refractivity contribution >= 4 is 17.3 Å². The summed E-state index contributed by atoms with van der Waals surface area (Å²) >= 11 is 0. The number of nitrogens with zero attached hydrogens (tertiary/aromatic N) is 1. The van der Waals surface area contributed by atoms with Gasteiger partial charge in [-0.1, -0.05) is 24.3 Å². The Bertz CT molecular complexity index is 777. The molecule has 1 fully saturated rings. The lowest BCUT2D eigenvalue weighted by molar-refractivity contribution is 0.0682. The number of rotatable bonds is 4. The number of nitrogens with two attached hydrogens (primary N) is 1. The van der Waals surface area contributed by atoms with Gasteiger partial charge < -0.3 is 16.0 Å². The number of likely N-dealkylation sites (tertiary alicyclic amines) is 1. The molecule has 1 heterocycles. The molecule has 4 heteroatoms. The summed E-state index contributed by atoms with van der Waals surface area (Å²) in [5, 5.41) is 3.46. The number of para-hydroxylation sites is 1. The van der Waals surface area contributed by atoms with Crippen LogP contribution in [0.3, 0.4) is 0 Å². The van der Waals surface area contributed by atoms with Gasteiger partial charge in [-0.15, -0.1) is 0 Å². The predicted molar refractivity (Wildman–Crippen MR) is 108 cm³/mol. The summed E-state index contributed by atoms with van der Waals surface area (Å²) in [5.41, 5.74) is 11.1. The fourth-order valence-electron chi connectivity index (χ4n) is 3.61. The first-order valence-electron chi connectivity index (χ1n) is 9.44. The van der Waals surface area contributed by atoms with E-state index < -0.39 is 0 Å². The van der Waals surface area contributed by atoms with Crippen LogP contribution in [0.25, 0.3) is 0 Å². The van der Waals surface area contributed by atoms with Gasteiger partial charge in [0.1, 0.15) is 0 Å². The number of hydrogen-bond donors (Lipinski definition) is 2. The van der Waals surface area contributed by atoms with Crippen LogP contribution in [-0.4, -0.2) is 29.9 Å². The second-order valence-electron chi connectivity index (χ2n) is 7.41. The fourth-order valence-corrected chi connectivity index (χ4v) is 3.61. The highest BCUT2D eigenvalue weighted by Gasteiger charge is 2.26. The Hall–Kier alpha value is -2.33. The Labute approximate surface area is 156 Å². The van der Waals surface area contributed by atoms with Gasteiger partial charge in [-0.3, -0.25) is 4.79 Å². The number of anilines is 2. The average molecular weight is 351 g/mol. The van der Waals surface area contributed by atoms with E-state index in [4.69, 9.17) is 5.73 Å². The maximum absolute atomic E-state index is 13.1. The van der Waals surface area contributed by atoms with Crippen LogP contribution in [-0.2, 0) is 0 Å². The first kappa shape index (κ1) is 18.5. The third-order valence-corrected chi connectivity index (χ3v) is 5.60. The smallest absolute Gasteiger partial charge is 0.255 e. The van der Waals surface area contributed by atoms with Gasteiger partial charge in [0.25, 0.3) is 5.91 Å². The molecule has 4 nitrogen and oxygen atoms in total. The molecule has 2 aromatic rings. The van der Waals surface area contributed by atoms with E-state index in [-0.39, 0.29) is 11.9 Å². The van der Waals surface area contributed by atoms with Crippen molar-refractivity contribution in [2.24, 2.45) is 11.7 Å². The summed E-state index contributed by atoms with van der Waals surface area (Å²) in [5.74, 6) is 0.615. The first-order valence-corrected chi connectivity index (χ1v) is 9.44. The van der Waals surface area contributed by atoms with E-state index in [1.165, 1.54) is 11.1 Å². The molecule has 138 valence electrons. The SMILES string of the molecule is Cc1cccc(Nc2ccccc2C(=O)N2CCC(C(C)N)CC2)c1C. The average Bonchev–Trinajstić information content (AvgIpc) is 2.65. The van der Waals surface area contributed by atoms with Crippen LogP contribution in [0.2, 0.25) is 0 Å². The molecular formula is C22H29N3O. The molecule has 1 aliphatic rings. The number of carbonyl (C=O) groups is 1. The quantitative estimate of drug-likeness (QED) is 0.866. The Morgan fingerprint density at radius 3 is 2.42 bits per heavy atom. The highest BCUT2D eigenvalue weighted by atomic mass is 16.2. The van der Waals surface area contributed by atoms with E-state index in [9.17, 15) is 4.79 Å². The van der Waals surface area contributed by atoms with E-state index in [0.29, 0.717) is 5.92 Å². The van der Waals surface area contributed by atoms with Crippen LogP contribution in [0.5, 0.6) is 0 Å². The van der Waals surface area contributed by atoms with Crippen molar-refractivity contribution in [1.29, 1.82) is 0 Å². The van der Waals surface area contributed by atoms with Gasteiger partial charge in [-0.05, 0) is 68.9 Å². The van der Waals surface area contributed by atoms with E-state index in [2.05, 4.69) is 38.2 Å². The standard InChI is InChI=1S/C22H29N3O/c1-15-7-6-10-20(16(15)2)24-21-9-5-4-8-19(21)22(26)25-13-11-18(12-14-25)17(3)23/h4-10,17-18,24H,11-14,23H2,1-3H3. The third kappa shape index (κ3) is 3.91. The maximum atomic E-state index is 13.1. The fraction of sp³-hybridized carbons (Fsp3) is 0.409. The van der Waals surface area contributed by atoms with E-state index in [0.717, 1.165) is 42.9 Å². The van der Waals surface area contributed by atoms with Crippen LogP contribution >= 0.6 is 0 Å². The monoisotopic (exact) mass is 351 g/mol. The normalized spacial score (nSPS) is 16.4. The minimum atomic E-state index is 0.0986. The Kier molecular flexibility index (Phi) is 5.62. The van der Waals surface area contributed by atoms with Gasteiger partial charge in [0, 0.05) is 24.8 Å². The number of carbonyl (C=O) groups excluding carboxylic acids is 1. The molecule has 0 radical (unpaired) electrons. The van der Waals surface area contributed by atoms with E-state index >= 15 is 0 Å². The lowest BCUT2D eigenvalue weighted by atomic mass is 9.90. The lowest BCUT2D eigenvalue weighted by Gasteiger charge is -2.34. The molecule has 0 aromatic heterocycles. The Morgan fingerprint density at radius 2 is 1.73 bits per heavy atom. The summed E-state index contributed by atoms with van der Waals surface area (Å²) in [6.45, 7) is 7.82. The molecule has 26 heavy (non-hydrogen) atoms. The third-order valence-electron chi connectivity index (χ3n) is 5.60. The molecule has 1 saturated heterocycles. The molecular weight excluding hydrogens is 322 g/mol. The number of benzene rings is 2. The van der Waals surface area contributed by atoms with Crippen LogP contribution in [0, 0.1) is 19.8 Å². The largest absolute Gasteiger partial charge is 0.355 e. The zero-order valence-electron chi connectivity index (χ0n) is 16.0. The van der Waals surface area contributed by atoms with Gasteiger partial charge in [-0.25, -0.2) is 0 Å². The van der Waals surface area contributed by atoms with Crippen molar-refractivity contribution in [2.75, 3.05) is 18.4 Å². The van der Waals surface area contributed by atoms with Crippen molar-refractivity contribution in [1.82, 2.24) is 4.90 Å². The minimum Gasteiger partial charge on any atom is -0.355 e. The van der Waals surface area contributed by atoms with Crippen LogP contribution in [0.15, 0.2) is 42.5 Å². The van der Waals surface area contributed by atoms with Gasteiger partial charge in [0.2, 0.25) is 0 Å². The minimum absolute atomic E-state index is 0.0986. The molecule has 1 atom stereocenters. The zero-order chi connectivity index (χ0) is 18.7. The zero-order valence-corrected chi connectivity index (χ0v) is 16.0. The first-order chi connectivity index (χ1) is 12.5. The number of nitrogens with one attached hydrogen (secondary N) is 1. The van der Waals surface area contributed by atoms with Crippen LogP contribution in [0.4, 0.5) is 11.4 Å². The topological polar surface area (TPSA) is 58.4 Å². The van der Waals surface area contributed by atoms with Crippen molar-refractivity contribution < 1.29 is 4.79 Å². The van der Waals surface area contributed by atoms with Gasteiger partial charge in [0.05, 0.1) is 11.3 Å². The molecule has 3 rings (SSSR count). The molecule has 0 bridgehead atoms. The molecule has 1 unspecified atom stereocenters. The van der Waals surface area contributed by atoms with Gasteiger partial charge >= 0.3 is 0 Å². The maximum Gasteiger partial charge on any atom is 0.255 e. The van der Waals surface area contributed by atoms with Crippen molar-refractivity contribution in [3.8, 4) is 0 Å². The molecule has 0 aliphatic carbocycles. The van der Waals surface area contributed by atoms with Crippen LogP contribution < -0.4 is 11.1 Å². The summed E-state index contributed by atoms with van der Waals surface area (Å²) in [4.78, 5) is 15.1. The summed E-state index contributed by atoms with van der Waals surface area (Å²) in [7, 11) is 0. The Balaban J connectivity index is 1.79. The second kappa shape index (κ2) is 7.92. The lowest BCUT2D eigenvalue weighted by Crippen LogP contribution is -2.42. The molecule has 0 spiro atoms. The highest BCUT2D eigenvalue weighted by molar-refractivity contribution is 6.00. The van der Waals surface area contributed by atoms with Crippen LogP contribution in [0.1, 0.15) is 41.3 Å². The van der Waals surface area contributed by atoms with Crippen molar-refractivity contribution in [2.45, 2.75) is 39.7 Å². The van der Waals surface area contributed by atoms with E-state index in [1.807, 2.05) is 35.2 Å². The number of amides is 1. The molecule has 1 aliphatic heterocycles. The van der Waals surface area contributed by atoms with Gasteiger partial charge in [0.15, 0.2) is 0 Å².